The van der Waals surface area contributed by atoms with Crippen molar-refractivity contribution >= 4 is 21.8 Å². The molecule has 1 aromatic carbocycles. The smallest absolute Gasteiger partial charge is 0.226 e. The van der Waals surface area contributed by atoms with Gasteiger partial charge in [-0.3, -0.25) is 4.79 Å². The van der Waals surface area contributed by atoms with Crippen molar-refractivity contribution in [1.82, 2.24) is 4.90 Å². The highest BCUT2D eigenvalue weighted by Gasteiger charge is 2.14. The predicted molar refractivity (Wildman–Crippen MR) is 73.6 cm³/mol. The Bertz CT molecular complexity index is 380. The van der Waals surface area contributed by atoms with Crippen molar-refractivity contribution in [3.05, 3.63) is 28.7 Å². The van der Waals surface area contributed by atoms with Crippen LogP contribution in [0.4, 0.5) is 0 Å². The molecule has 0 saturated carbocycles. The van der Waals surface area contributed by atoms with Gasteiger partial charge in [-0.25, -0.2) is 0 Å². The number of amides is 1. The molecule has 0 fully saturated rings. The molecule has 100 valence electrons. The molecule has 1 N–H and O–H groups in total. The first-order chi connectivity index (χ1) is 8.54. The molecule has 1 atom stereocenters. The Morgan fingerprint density at radius 2 is 2.06 bits per heavy atom. The summed E-state index contributed by atoms with van der Waals surface area (Å²) >= 11 is 3.34. The van der Waals surface area contributed by atoms with Gasteiger partial charge < -0.3 is 14.7 Å². The molecule has 1 rings (SSSR count). The van der Waals surface area contributed by atoms with Gasteiger partial charge in [-0.1, -0.05) is 15.9 Å². The molecule has 1 aromatic rings. The monoisotopic (exact) mass is 315 g/mol. The van der Waals surface area contributed by atoms with E-state index in [4.69, 9.17) is 9.84 Å². The zero-order valence-corrected chi connectivity index (χ0v) is 12.2. The van der Waals surface area contributed by atoms with Crippen molar-refractivity contribution in [3.8, 4) is 5.75 Å². The highest BCUT2D eigenvalue weighted by atomic mass is 79.9. The van der Waals surface area contributed by atoms with Gasteiger partial charge in [0, 0.05) is 11.5 Å². The predicted octanol–water partition coefficient (Wildman–Crippen LogP) is 2.06. The molecule has 0 saturated heterocycles. The van der Waals surface area contributed by atoms with Gasteiger partial charge in [-0.05, 0) is 31.2 Å². The summed E-state index contributed by atoms with van der Waals surface area (Å²) in [4.78, 5) is 13.2. The Labute approximate surface area is 116 Å². The number of hydrogen-bond donors (Lipinski definition) is 1. The summed E-state index contributed by atoms with van der Waals surface area (Å²) in [5, 5.41) is 8.95. The van der Waals surface area contributed by atoms with E-state index in [1.165, 1.54) is 4.90 Å². The second-order valence-corrected chi connectivity index (χ2v) is 5.00. The maximum Gasteiger partial charge on any atom is 0.226 e. The lowest BCUT2D eigenvalue weighted by molar-refractivity contribution is -0.132. The highest BCUT2D eigenvalue weighted by Crippen LogP contribution is 2.16. The van der Waals surface area contributed by atoms with E-state index < -0.39 is 0 Å². The molecule has 4 nitrogen and oxygen atoms in total. The molecule has 0 radical (unpaired) electrons. The van der Waals surface area contributed by atoms with E-state index in [0.29, 0.717) is 13.0 Å². The zero-order chi connectivity index (χ0) is 13.5. The molecule has 0 aliphatic rings. The highest BCUT2D eigenvalue weighted by molar-refractivity contribution is 9.10. The Morgan fingerprint density at radius 1 is 1.44 bits per heavy atom. The van der Waals surface area contributed by atoms with E-state index in [2.05, 4.69) is 15.9 Å². The Kier molecular flexibility index (Phi) is 6.15. The molecule has 0 aliphatic heterocycles. The number of benzene rings is 1. The fraction of sp³-hybridized carbons (Fsp3) is 0.462. The number of ether oxygens (including phenoxy) is 1. The van der Waals surface area contributed by atoms with Crippen LogP contribution in [-0.4, -0.2) is 42.2 Å². The van der Waals surface area contributed by atoms with Gasteiger partial charge in [0.2, 0.25) is 5.91 Å². The van der Waals surface area contributed by atoms with Crippen molar-refractivity contribution < 1.29 is 14.6 Å². The number of rotatable bonds is 6. The van der Waals surface area contributed by atoms with Crippen molar-refractivity contribution in [1.29, 1.82) is 0 Å². The summed E-state index contributed by atoms with van der Waals surface area (Å²) in [6.07, 6.45) is 0.302. The van der Waals surface area contributed by atoms with Gasteiger partial charge in [0.25, 0.3) is 0 Å². The second-order valence-electron chi connectivity index (χ2n) is 4.09. The lowest BCUT2D eigenvalue weighted by Gasteiger charge is -2.23. The first kappa shape index (κ1) is 15.0. The zero-order valence-electron chi connectivity index (χ0n) is 10.6. The lowest BCUT2D eigenvalue weighted by Crippen LogP contribution is -2.37. The third-order valence-corrected chi connectivity index (χ3v) is 3.25. The van der Waals surface area contributed by atoms with E-state index in [1.54, 1.807) is 14.0 Å². The second kappa shape index (κ2) is 7.38. The van der Waals surface area contributed by atoms with E-state index in [1.807, 2.05) is 24.3 Å². The third kappa shape index (κ3) is 4.66. The molecule has 18 heavy (non-hydrogen) atoms. The first-order valence-electron chi connectivity index (χ1n) is 5.79. The number of halogens is 1. The summed E-state index contributed by atoms with van der Waals surface area (Å²) in [6.45, 7) is 2.10. The molecule has 0 spiro atoms. The molecular weight excluding hydrogens is 298 g/mol. The number of hydrogen-bond acceptors (Lipinski definition) is 3. The average molecular weight is 316 g/mol. The quantitative estimate of drug-likeness (QED) is 0.874. The van der Waals surface area contributed by atoms with E-state index in [-0.39, 0.29) is 18.6 Å². The van der Waals surface area contributed by atoms with E-state index in [0.717, 1.165) is 10.2 Å². The third-order valence-electron chi connectivity index (χ3n) is 2.72. The molecule has 5 heteroatoms. The number of carbonyl (C=O) groups is 1. The number of carbonyl (C=O) groups excluding carboxylic acids is 1. The SMILES string of the molecule is CC(CO)N(C)C(=O)CCOc1ccc(Br)cc1. The van der Waals surface area contributed by atoms with Crippen molar-refractivity contribution in [2.45, 2.75) is 19.4 Å². The normalized spacial score (nSPS) is 12.0. The molecule has 0 aliphatic carbocycles. The fourth-order valence-electron chi connectivity index (χ4n) is 1.33. The van der Waals surface area contributed by atoms with Crippen LogP contribution in [0, 0.1) is 0 Å². The van der Waals surface area contributed by atoms with Gasteiger partial charge >= 0.3 is 0 Å². The number of aliphatic hydroxyl groups excluding tert-OH is 1. The molecule has 1 amide bonds. The number of nitrogens with zero attached hydrogens (tertiary/aromatic N) is 1. The van der Waals surface area contributed by atoms with Crippen LogP contribution in [0.1, 0.15) is 13.3 Å². The average Bonchev–Trinajstić information content (AvgIpc) is 2.39. The topological polar surface area (TPSA) is 49.8 Å². The number of aliphatic hydroxyl groups is 1. The van der Waals surface area contributed by atoms with Crippen LogP contribution in [0.2, 0.25) is 0 Å². The minimum absolute atomic E-state index is 0.0319. The van der Waals surface area contributed by atoms with Crippen LogP contribution < -0.4 is 4.74 Å². The van der Waals surface area contributed by atoms with Crippen molar-refractivity contribution in [3.63, 3.8) is 0 Å². The van der Waals surface area contributed by atoms with Gasteiger partial charge in [-0.2, -0.15) is 0 Å². The van der Waals surface area contributed by atoms with Gasteiger partial charge in [-0.15, -0.1) is 0 Å². The Hall–Kier alpha value is -1.07. The summed E-state index contributed by atoms with van der Waals surface area (Å²) < 4.78 is 6.45. The minimum Gasteiger partial charge on any atom is -0.493 e. The molecule has 0 bridgehead atoms. The summed E-state index contributed by atoms with van der Waals surface area (Å²) in [7, 11) is 1.68. The molecule has 0 aromatic heterocycles. The summed E-state index contributed by atoms with van der Waals surface area (Å²) in [5.74, 6) is 0.706. The summed E-state index contributed by atoms with van der Waals surface area (Å²) in [5.41, 5.74) is 0. The van der Waals surface area contributed by atoms with Gasteiger partial charge in [0.15, 0.2) is 0 Å². The maximum absolute atomic E-state index is 11.7. The van der Waals surface area contributed by atoms with Crippen LogP contribution in [-0.2, 0) is 4.79 Å². The standard InChI is InChI=1S/C13H18BrNO3/c1-10(9-16)15(2)13(17)7-8-18-12-5-3-11(14)4-6-12/h3-6,10,16H,7-9H2,1-2H3. The largest absolute Gasteiger partial charge is 0.493 e. The van der Waals surface area contributed by atoms with Crippen LogP contribution in [0.15, 0.2) is 28.7 Å². The van der Waals surface area contributed by atoms with E-state index >= 15 is 0 Å². The van der Waals surface area contributed by atoms with Crippen LogP contribution in [0.5, 0.6) is 5.75 Å². The Morgan fingerprint density at radius 3 is 2.61 bits per heavy atom. The van der Waals surface area contributed by atoms with E-state index in [9.17, 15) is 4.79 Å². The van der Waals surface area contributed by atoms with Crippen molar-refractivity contribution in [2.75, 3.05) is 20.3 Å². The minimum atomic E-state index is -0.162. The molecule has 0 heterocycles. The molecule has 1 unspecified atom stereocenters. The van der Waals surface area contributed by atoms with Crippen LogP contribution in [0.25, 0.3) is 0 Å². The van der Waals surface area contributed by atoms with Crippen LogP contribution in [0.3, 0.4) is 0 Å². The van der Waals surface area contributed by atoms with Crippen LogP contribution >= 0.6 is 15.9 Å². The fourth-order valence-corrected chi connectivity index (χ4v) is 1.60. The maximum atomic E-state index is 11.7. The Balaban J connectivity index is 2.33. The number of likely N-dealkylation sites (N-methyl/N-ethyl adjacent to an activating group) is 1. The lowest BCUT2D eigenvalue weighted by atomic mass is 10.3. The van der Waals surface area contributed by atoms with Gasteiger partial charge in [0.05, 0.1) is 25.7 Å². The summed E-state index contributed by atoms with van der Waals surface area (Å²) in [6, 6.07) is 7.29. The van der Waals surface area contributed by atoms with Gasteiger partial charge in [0.1, 0.15) is 5.75 Å². The first-order valence-corrected chi connectivity index (χ1v) is 6.58. The molecular formula is C13H18BrNO3. The van der Waals surface area contributed by atoms with Crippen molar-refractivity contribution in [2.24, 2.45) is 0 Å².